The van der Waals surface area contributed by atoms with Crippen molar-refractivity contribution in [2.75, 3.05) is 0 Å². The molecular weight excluding hydrogens is 323 g/mol. The molecule has 0 rings (SSSR count). The van der Waals surface area contributed by atoms with Crippen LogP contribution >= 0.6 is 15.9 Å². The first-order valence-electron chi connectivity index (χ1n) is 3.29. The average molecular weight is 325 g/mol. The fraction of sp³-hybridized carbons (Fsp3) is 0.667. The first-order valence-corrected chi connectivity index (χ1v) is 4.21. The topological polar surface area (TPSA) is 0 Å². The van der Waals surface area contributed by atoms with Gasteiger partial charge >= 0.3 is 18.5 Å². The molecule has 0 nitrogen and oxygen atoms in total. The number of rotatable bonds is 1. The third kappa shape index (κ3) is 2.30. The minimum absolute atomic E-state index is 0.124. The molecule has 96 valence electrons. The van der Waals surface area contributed by atoms with Gasteiger partial charge in [-0.05, 0) is 11.1 Å². The lowest BCUT2D eigenvalue weighted by Crippen LogP contribution is -2.58. The summed E-state index contributed by atoms with van der Waals surface area (Å²) < 4.78 is 108. The van der Waals surface area contributed by atoms with Gasteiger partial charge in [-0.1, -0.05) is 15.9 Å². The van der Waals surface area contributed by atoms with Gasteiger partial charge in [0.05, 0.1) is 0 Å². The van der Waals surface area contributed by atoms with E-state index in [1.54, 1.807) is 0 Å². The van der Waals surface area contributed by atoms with Crippen molar-refractivity contribution < 1.29 is 39.5 Å². The molecule has 0 fully saturated rings. The highest BCUT2D eigenvalue weighted by molar-refractivity contribution is 9.11. The minimum Gasteiger partial charge on any atom is -0.169 e. The molecule has 0 aromatic heterocycles. The first kappa shape index (κ1) is 15.6. The van der Waals surface area contributed by atoms with E-state index in [4.69, 9.17) is 0 Å². The Morgan fingerprint density at radius 3 is 0.938 bits per heavy atom. The molecule has 0 spiro atoms. The van der Waals surface area contributed by atoms with E-state index in [-0.39, 0.29) is 4.99 Å². The van der Waals surface area contributed by atoms with Gasteiger partial charge < -0.3 is 0 Å². The van der Waals surface area contributed by atoms with Crippen LogP contribution < -0.4 is 0 Å². The van der Waals surface area contributed by atoms with E-state index >= 15 is 0 Å². The number of halogens is 10. The summed E-state index contributed by atoms with van der Waals surface area (Å²) in [6.07, 6.45) is -20.6. The Morgan fingerprint density at radius 1 is 0.625 bits per heavy atom. The standard InChI is InChI=1S/C6H2BrF9/c7-2-1-3(4(8,9)10,5(11,12)13)6(14,15)16/h1-2H/b2-1+. The van der Waals surface area contributed by atoms with Crippen LogP contribution in [0.5, 0.6) is 0 Å². The maximum Gasteiger partial charge on any atom is 0.415 e. The Labute approximate surface area is 91.2 Å². The molecule has 10 heteroatoms. The summed E-state index contributed by atoms with van der Waals surface area (Å²) in [6.45, 7) is 0. The largest absolute Gasteiger partial charge is 0.415 e. The molecular formula is C6H2BrF9. The highest BCUT2D eigenvalue weighted by Gasteiger charge is 2.82. The summed E-state index contributed by atoms with van der Waals surface area (Å²) in [5.41, 5.74) is -5.86. The predicted molar refractivity (Wildman–Crippen MR) is 38.7 cm³/mol. The Hall–Kier alpha value is -0.410. The lowest BCUT2D eigenvalue weighted by Gasteiger charge is -2.35. The lowest BCUT2D eigenvalue weighted by atomic mass is 9.85. The first-order chi connectivity index (χ1) is 6.81. The molecule has 0 saturated carbocycles. The van der Waals surface area contributed by atoms with Crippen LogP contribution in [0.3, 0.4) is 0 Å². The molecule has 0 saturated heterocycles. The highest BCUT2D eigenvalue weighted by Crippen LogP contribution is 2.60. The summed E-state index contributed by atoms with van der Waals surface area (Å²) in [5.74, 6) is 0. The average Bonchev–Trinajstić information content (AvgIpc) is 1.91. The molecule has 0 heterocycles. The molecule has 0 bridgehead atoms. The van der Waals surface area contributed by atoms with Crippen LogP contribution in [0.1, 0.15) is 0 Å². The summed E-state index contributed by atoms with van der Waals surface area (Å²) in [7, 11) is 0. The maximum absolute atomic E-state index is 12.0. The van der Waals surface area contributed by atoms with Crippen molar-refractivity contribution in [3.63, 3.8) is 0 Å². The zero-order chi connectivity index (χ0) is 13.4. The SMILES string of the molecule is FC(F)(F)C(/C=C/Br)(C(F)(F)F)C(F)(F)F. The van der Waals surface area contributed by atoms with E-state index < -0.39 is 30.0 Å². The van der Waals surface area contributed by atoms with Gasteiger partial charge in [-0.3, -0.25) is 0 Å². The van der Waals surface area contributed by atoms with Gasteiger partial charge in [-0.25, -0.2) is 0 Å². The normalized spacial score (nSPS) is 15.9. The fourth-order valence-electron chi connectivity index (χ4n) is 0.860. The smallest absolute Gasteiger partial charge is 0.169 e. The van der Waals surface area contributed by atoms with E-state index in [1.807, 2.05) is 15.9 Å². The summed E-state index contributed by atoms with van der Waals surface area (Å²) >= 11 is 1.98. The van der Waals surface area contributed by atoms with Crippen molar-refractivity contribution in [1.82, 2.24) is 0 Å². The zero-order valence-electron chi connectivity index (χ0n) is 6.93. The predicted octanol–water partition coefficient (Wildman–Crippen LogP) is 4.57. The van der Waals surface area contributed by atoms with Crippen LogP contribution in [-0.2, 0) is 0 Å². The lowest BCUT2D eigenvalue weighted by molar-refractivity contribution is -0.406. The quantitative estimate of drug-likeness (QED) is 0.620. The molecule has 16 heavy (non-hydrogen) atoms. The second kappa shape index (κ2) is 4.11. The van der Waals surface area contributed by atoms with Crippen molar-refractivity contribution in [3.05, 3.63) is 11.1 Å². The summed E-state index contributed by atoms with van der Waals surface area (Å²) in [5, 5.41) is 0. The van der Waals surface area contributed by atoms with Gasteiger partial charge in [0.15, 0.2) is 0 Å². The zero-order valence-corrected chi connectivity index (χ0v) is 8.52. The Kier molecular flexibility index (Phi) is 4.01. The van der Waals surface area contributed by atoms with Crippen LogP contribution in [0.2, 0.25) is 0 Å². The molecule has 0 aliphatic rings. The van der Waals surface area contributed by atoms with Crippen LogP contribution in [0, 0.1) is 5.41 Å². The number of hydrogen-bond donors (Lipinski definition) is 0. The second-order valence-corrected chi connectivity index (χ2v) is 3.12. The molecule has 0 atom stereocenters. The van der Waals surface area contributed by atoms with Crippen LogP contribution in [0.15, 0.2) is 11.1 Å². The monoisotopic (exact) mass is 324 g/mol. The summed E-state index contributed by atoms with van der Waals surface area (Å²) in [4.78, 5) is -0.124. The Morgan fingerprint density at radius 2 is 0.875 bits per heavy atom. The van der Waals surface area contributed by atoms with Gasteiger partial charge in [0.2, 0.25) is 0 Å². The van der Waals surface area contributed by atoms with E-state index in [9.17, 15) is 39.5 Å². The van der Waals surface area contributed by atoms with Crippen LogP contribution in [-0.4, -0.2) is 18.5 Å². The van der Waals surface area contributed by atoms with Gasteiger partial charge in [0, 0.05) is 0 Å². The third-order valence-electron chi connectivity index (χ3n) is 1.65. The van der Waals surface area contributed by atoms with Crippen molar-refractivity contribution in [2.45, 2.75) is 18.5 Å². The van der Waals surface area contributed by atoms with Gasteiger partial charge in [-0.2, -0.15) is 39.5 Å². The fourth-order valence-corrected chi connectivity index (χ4v) is 1.26. The molecule has 0 amide bonds. The van der Waals surface area contributed by atoms with Crippen LogP contribution in [0.25, 0.3) is 0 Å². The van der Waals surface area contributed by atoms with Crippen molar-refractivity contribution in [2.24, 2.45) is 5.41 Å². The van der Waals surface area contributed by atoms with Crippen molar-refractivity contribution in [3.8, 4) is 0 Å². The van der Waals surface area contributed by atoms with Crippen molar-refractivity contribution >= 4 is 15.9 Å². The van der Waals surface area contributed by atoms with E-state index in [1.165, 1.54) is 0 Å². The molecule has 0 aromatic carbocycles. The van der Waals surface area contributed by atoms with E-state index in [2.05, 4.69) is 0 Å². The van der Waals surface area contributed by atoms with Crippen LogP contribution in [0.4, 0.5) is 39.5 Å². The highest BCUT2D eigenvalue weighted by atomic mass is 79.9. The summed E-state index contributed by atoms with van der Waals surface area (Å²) in [6, 6.07) is 0. The van der Waals surface area contributed by atoms with E-state index in [0.717, 1.165) is 0 Å². The molecule has 0 aromatic rings. The Balaban J connectivity index is 6.04. The Bertz CT molecular complexity index is 231. The third-order valence-corrected chi connectivity index (χ3v) is 1.92. The molecule has 0 aliphatic heterocycles. The molecule has 0 unspecified atom stereocenters. The molecule has 0 aliphatic carbocycles. The number of hydrogen-bond acceptors (Lipinski definition) is 0. The maximum atomic E-state index is 12.0. The van der Waals surface area contributed by atoms with Crippen molar-refractivity contribution in [1.29, 1.82) is 0 Å². The minimum atomic E-state index is -6.53. The van der Waals surface area contributed by atoms with E-state index in [0.29, 0.717) is 0 Å². The van der Waals surface area contributed by atoms with Gasteiger partial charge in [0.25, 0.3) is 5.41 Å². The molecule has 0 N–H and O–H groups in total. The molecule has 0 radical (unpaired) electrons. The number of alkyl halides is 9. The van der Waals surface area contributed by atoms with Gasteiger partial charge in [0.1, 0.15) is 0 Å². The number of allylic oxidation sites excluding steroid dienone is 1. The van der Waals surface area contributed by atoms with Gasteiger partial charge in [-0.15, -0.1) is 0 Å². The second-order valence-electron chi connectivity index (χ2n) is 2.59.